The molecule has 38 heavy (non-hydrogen) atoms. The summed E-state index contributed by atoms with van der Waals surface area (Å²) in [6.07, 6.45) is 2.84. The molecule has 3 aliphatic heterocycles. The Morgan fingerprint density at radius 1 is 1.08 bits per heavy atom. The van der Waals surface area contributed by atoms with Crippen LogP contribution in [0.3, 0.4) is 0 Å². The predicted molar refractivity (Wildman–Crippen MR) is 151 cm³/mol. The van der Waals surface area contributed by atoms with Gasteiger partial charge in [0.2, 0.25) is 13.1 Å². The van der Waals surface area contributed by atoms with Crippen molar-refractivity contribution in [1.29, 1.82) is 0 Å². The Labute approximate surface area is 237 Å². The van der Waals surface area contributed by atoms with Gasteiger partial charge >= 0.3 is 0 Å². The summed E-state index contributed by atoms with van der Waals surface area (Å²) in [6.45, 7) is 6.42. The highest BCUT2D eigenvalue weighted by Crippen LogP contribution is 2.40. The molecule has 0 radical (unpaired) electrons. The number of hydrogen-bond acceptors (Lipinski definition) is 7. The lowest BCUT2D eigenvalue weighted by Crippen LogP contribution is -2.49. The summed E-state index contributed by atoms with van der Waals surface area (Å²) in [7, 11) is 0. The van der Waals surface area contributed by atoms with Crippen LogP contribution >= 0.6 is 22.6 Å². The fourth-order valence-electron chi connectivity index (χ4n) is 5.38. The molecule has 2 aromatic carbocycles. The third-order valence-corrected chi connectivity index (χ3v) is 8.10. The van der Waals surface area contributed by atoms with E-state index in [0.29, 0.717) is 31.9 Å². The fraction of sp³-hybridized carbons (Fsp3) is 0.483. The van der Waals surface area contributed by atoms with Gasteiger partial charge in [-0.15, -0.1) is 0 Å². The van der Waals surface area contributed by atoms with Crippen molar-refractivity contribution in [1.82, 2.24) is 9.80 Å². The molecule has 1 amide bonds. The molecule has 0 unspecified atom stereocenters. The summed E-state index contributed by atoms with van der Waals surface area (Å²) in [5.41, 5.74) is 2.29. The summed E-state index contributed by atoms with van der Waals surface area (Å²) in [5.74, 6) is 1.83. The Hall–Kier alpha value is -2.34. The third-order valence-electron chi connectivity index (χ3n) is 7.38. The number of carbonyl (C=O) groups excluding carboxylic acids is 1. The van der Waals surface area contributed by atoms with Crippen LogP contribution in [0.2, 0.25) is 0 Å². The number of ether oxygens (including phenoxy) is 4. The highest BCUT2D eigenvalue weighted by Gasteiger charge is 2.39. The number of fused-ring (bicyclic) bond motifs is 1. The Balaban J connectivity index is 1.28. The standard InChI is InChI=1S/C29H35IN2O6/c1-2-35-29-23(4-3-15-33)24(21-6-8-22(30)9-7-21)17-27(38-29)28(34)32-13-11-31(12-14-32)18-20-5-10-25-26(16-20)37-19-36-25/h5-10,16-17,23-24,29,33H,2-4,11-15,18-19H2,1H3/t23-,24+,29+/m0/s1. The average molecular weight is 635 g/mol. The van der Waals surface area contributed by atoms with Crippen LogP contribution in [0.15, 0.2) is 54.3 Å². The normalized spacial score (nSPS) is 23.2. The molecule has 0 aliphatic carbocycles. The number of aliphatic hydroxyl groups excluding tert-OH is 1. The molecule has 8 nitrogen and oxygen atoms in total. The molecule has 2 aromatic rings. The van der Waals surface area contributed by atoms with Gasteiger partial charge in [-0.05, 0) is 83.8 Å². The first-order valence-electron chi connectivity index (χ1n) is 13.3. The quantitative estimate of drug-likeness (QED) is 0.416. The van der Waals surface area contributed by atoms with Crippen molar-refractivity contribution in [2.24, 2.45) is 5.92 Å². The van der Waals surface area contributed by atoms with Crippen LogP contribution in [-0.4, -0.2) is 73.3 Å². The molecule has 1 N–H and O–H groups in total. The highest BCUT2D eigenvalue weighted by molar-refractivity contribution is 14.1. The van der Waals surface area contributed by atoms with Crippen LogP contribution in [0.1, 0.15) is 36.8 Å². The molecule has 1 saturated heterocycles. The van der Waals surface area contributed by atoms with Crippen molar-refractivity contribution in [3.05, 3.63) is 69.0 Å². The van der Waals surface area contributed by atoms with E-state index in [-0.39, 0.29) is 31.1 Å². The number of aliphatic hydroxyl groups is 1. The Morgan fingerprint density at radius 3 is 2.58 bits per heavy atom. The molecule has 0 spiro atoms. The largest absolute Gasteiger partial charge is 0.459 e. The van der Waals surface area contributed by atoms with Gasteiger partial charge in [0.1, 0.15) is 0 Å². The molecular weight excluding hydrogens is 599 g/mol. The van der Waals surface area contributed by atoms with Crippen LogP contribution in [0.4, 0.5) is 0 Å². The molecule has 0 bridgehead atoms. The Bertz CT molecular complexity index is 1130. The third kappa shape index (κ3) is 6.27. The SMILES string of the molecule is CCO[C@@H]1OC(C(=O)N2CCN(Cc3ccc4c(c3)OCO4)CC2)=C[C@H](c2ccc(I)cc2)[C@@H]1CCCO. The number of benzene rings is 2. The van der Waals surface area contributed by atoms with Crippen LogP contribution in [0.25, 0.3) is 0 Å². The zero-order valence-corrected chi connectivity index (χ0v) is 23.8. The number of piperazine rings is 1. The summed E-state index contributed by atoms with van der Waals surface area (Å²) >= 11 is 2.30. The van der Waals surface area contributed by atoms with E-state index in [1.165, 1.54) is 5.56 Å². The molecule has 0 aromatic heterocycles. The fourth-order valence-corrected chi connectivity index (χ4v) is 5.74. The molecule has 9 heteroatoms. The van der Waals surface area contributed by atoms with Crippen molar-refractivity contribution in [2.45, 2.75) is 38.5 Å². The maximum absolute atomic E-state index is 13.6. The number of allylic oxidation sites excluding steroid dienone is 1. The van der Waals surface area contributed by atoms with Gasteiger partial charge in [0.05, 0.1) is 0 Å². The topological polar surface area (TPSA) is 80.7 Å². The van der Waals surface area contributed by atoms with E-state index in [2.05, 4.69) is 57.8 Å². The number of carbonyl (C=O) groups is 1. The van der Waals surface area contributed by atoms with Crippen LogP contribution in [-0.2, 0) is 20.8 Å². The predicted octanol–water partition coefficient (Wildman–Crippen LogP) is 4.11. The van der Waals surface area contributed by atoms with Crippen molar-refractivity contribution in [3.8, 4) is 11.5 Å². The summed E-state index contributed by atoms with van der Waals surface area (Å²) in [6, 6.07) is 14.4. The zero-order valence-electron chi connectivity index (χ0n) is 21.7. The number of nitrogens with zero attached hydrogens (tertiary/aromatic N) is 2. The van der Waals surface area contributed by atoms with E-state index >= 15 is 0 Å². The lowest BCUT2D eigenvalue weighted by Gasteiger charge is -2.39. The first-order chi connectivity index (χ1) is 18.6. The lowest BCUT2D eigenvalue weighted by molar-refractivity contribution is -0.171. The van der Waals surface area contributed by atoms with Crippen LogP contribution < -0.4 is 9.47 Å². The van der Waals surface area contributed by atoms with Crippen molar-refractivity contribution in [3.63, 3.8) is 0 Å². The van der Waals surface area contributed by atoms with Gasteiger partial charge < -0.3 is 29.0 Å². The number of amides is 1. The number of halogens is 1. The van der Waals surface area contributed by atoms with E-state index in [4.69, 9.17) is 18.9 Å². The van der Waals surface area contributed by atoms with E-state index in [9.17, 15) is 9.90 Å². The second-order valence-corrected chi connectivity index (χ2v) is 11.1. The maximum atomic E-state index is 13.6. The van der Waals surface area contributed by atoms with E-state index < -0.39 is 6.29 Å². The van der Waals surface area contributed by atoms with Crippen molar-refractivity contribution in [2.75, 3.05) is 46.2 Å². The first-order valence-corrected chi connectivity index (χ1v) is 14.4. The summed E-state index contributed by atoms with van der Waals surface area (Å²) in [5, 5.41) is 9.50. The summed E-state index contributed by atoms with van der Waals surface area (Å²) < 4.78 is 24.3. The molecule has 1 fully saturated rings. The first kappa shape index (κ1) is 27.2. The van der Waals surface area contributed by atoms with Gasteiger partial charge in [-0.1, -0.05) is 18.2 Å². The Kier molecular flexibility index (Phi) is 9.08. The molecule has 5 rings (SSSR count). The lowest BCUT2D eigenvalue weighted by atomic mass is 9.80. The summed E-state index contributed by atoms with van der Waals surface area (Å²) in [4.78, 5) is 17.9. The van der Waals surface area contributed by atoms with Gasteiger partial charge in [-0.3, -0.25) is 9.69 Å². The van der Waals surface area contributed by atoms with E-state index in [1.54, 1.807) is 0 Å². The van der Waals surface area contributed by atoms with Gasteiger partial charge in [-0.25, -0.2) is 0 Å². The second kappa shape index (κ2) is 12.7. The smallest absolute Gasteiger partial charge is 0.288 e. The van der Waals surface area contributed by atoms with Gasteiger partial charge in [0.25, 0.3) is 5.91 Å². The van der Waals surface area contributed by atoms with Crippen molar-refractivity contribution >= 4 is 28.5 Å². The Morgan fingerprint density at radius 2 is 1.84 bits per heavy atom. The molecule has 204 valence electrons. The highest BCUT2D eigenvalue weighted by atomic mass is 127. The molecule has 3 aliphatic rings. The molecule has 0 saturated carbocycles. The van der Waals surface area contributed by atoms with Crippen LogP contribution in [0, 0.1) is 9.49 Å². The van der Waals surface area contributed by atoms with Gasteiger partial charge in [-0.2, -0.15) is 0 Å². The molecule has 3 heterocycles. The van der Waals surface area contributed by atoms with Gasteiger partial charge in [0, 0.05) is 61.3 Å². The second-order valence-electron chi connectivity index (χ2n) is 9.84. The monoisotopic (exact) mass is 634 g/mol. The van der Waals surface area contributed by atoms with E-state index in [1.807, 2.05) is 30.0 Å². The molecular formula is C29H35IN2O6. The van der Waals surface area contributed by atoms with Gasteiger partial charge in [0.15, 0.2) is 17.3 Å². The minimum absolute atomic E-state index is 0.0114. The average Bonchev–Trinajstić information content (AvgIpc) is 3.41. The van der Waals surface area contributed by atoms with Crippen LogP contribution in [0.5, 0.6) is 11.5 Å². The van der Waals surface area contributed by atoms with E-state index in [0.717, 1.165) is 46.7 Å². The molecule has 3 atom stereocenters. The maximum Gasteiger partial charge on any atom is 0.288 e. The minimum atomic E-state index is -0.535. The number of rotatable bonds is 9. The number of hydrogen-bond donors (Lipinski definition) is 1. The zero-order chi connectivity index (χ0) is 26.5. The van der Waals surface area contributed by atoms with Crippen molar-refractivity contribution < 1.29 is 28.8 Å². The minimum Gasteiger partial charge on any atom is -0.459 e.